The summed E-state index contributed by atoms with van der Waals surface area (Å²) in [5.41, 5.74) is 1.74. The SMILES string of the molecule is CCC(=O)c1cc(Br)ccc1OCC(=O)N[C@@H](C)CCc1ccccc1. The van der Waals surface area contributed by atoms with Gasteiger partial charge in [-0.05, 0) is 43.5 Å². The van der Waals surface area contributed by atoms with E-state index in [4.69, 9.17) is 4.74 Å². The first-order valence-corrected chi connectivity index (χ1v) is 9.57. The van der Waals surface area contributed by atoms with E-state index in [9.17, 15) is 9.59 Å². The van der Waals surface area contributed by atoms with E-state index < -0.39 is 0 Å². The number of ketones is 1. The smallest absolute Gasteiger partial charge is 0.258 e. The second kappa shape index (κ2) is 10.1. The highest BCUT2D eigenvalue weighted by Crippen LogP contribution is 2.24. The molecule has 0 unspecified atom stereocenters. The van der Waals surface area contributed by atoms with Crippen molar-refractivity contribution in [2.24, 2.45) is 0 Å². The first-order valence-electron chi connectivity index (χ1n) is 8.78. The molecule has 2 aromatic carbocycles. The summed E-state index contributed by atoms with van der Waals surface area (Å²) in [6, 6.07) is 15.5. The van der Waals surface area contributed by atoms with E-state index in [0.717, 1.165) is 17.3 Å². The number of benzene rings is 2. The van der Waals surface area contributed by atoms with Crippen LogP contribution < -0.4 is 10.1 Å². The van der Waals surface area contributed by atoms with Crippen molar-refractivity contribution in [3.05, 3.63) is 64.1 Å². The van der Waals surface area contributed by atoms with Crippen LogP contribution >= 0.6 is 15.9 Å². The molecule has 0 aliphatic rings. The van der Waals surface area contributed by atoms with Crippen molar-refractivity contribution in [3.63, 3.8) is 0 Å². The maximum atomic E-state index is 12.1. The zero-order valence-electron chi connectivity index (χ0n) is 15.1. The van der Waals surface area contributed by atoms with Gasteiger partial charge in [0.2, 0.25) is 0 Å². The Bertz CT molecular complexity index is 746. The quantitative estimate of drug-likeness (QED) is 0.608. The van der Waals surface area contributed by atoms with E-state index >= 15 is 0 Å². The Morgan fingerprint density at radius 3 is 2.58 bits per heavy atom. The molecule has 1 amide bonds. The summed E-state index contributed by atoms with van der Waals surface area (Å²) in [5.74, 6) is 0.230. The molecule has 0 fully saturated rings. The van der Waals surface area contributed by atoms with Crippen LogP contribution in [0, 0.1) is 0 Å². The Kier molecular flexibility index (Phi) is 7.85. The number of rotatable bonds is 9. The molecule has 0 bridgehead atoms. The van der Waals surface area contributed by atoms with Gasteiger partial charge in [-0.25, -0.2) is 0 Å². The molecule has 1 N–H and O–H groups in total. The molecule has 0 radical (unpaired) electrons. The third-order valence-corrected chi connectivity index (χ3v) is 4.53. The molecular weight excluding hydrogens is 394 g/mol. The molecule has 4 nitrogen and oxygen atoms in total. The lowest BCUT2D eigenvalue weighted by Crippen LogP contribution is -2.36. The lowest BCUT2D eigenvalue weighted by Gasteiger charge is -2.15. The van der Waals surface area contributed by atoms with Gasteiger partial charge in [0.1, 0.15) is 5.75 Å². The average molecular weight is 418 g/mol. The minimum Gasteiger partial charge on any atom is -0.483 e. The molecule has 0 heterocycles. The fourth-order valence-electron chi connectivity index (χ4n) is 2.60. The van der Waals surface area contributed by atoms with Gasteiger partial charge in [-0.15, -0.1) is 0 Å². The summed E-state index contributed by atoms with van der Waals surface area (Å²) in [6.45, 7) is 3.67. The van der Waals surface area contributed by atoms with Crippen LogP contribution in [-0.2, 0) is 11.2 Å². The zero-order chi connectivity index (χ0) is 18.9. The first kappa shape index (κ1) is 20.2. The van der Waals surface area contributed by atoms with Crippen molar-refractivity contribution in [1.29, 1.82) is 0 Å². The second-order valence-corrected chi connectivity index (χ2v) is 7.11. The fourth-order valence-corrected chi connectivity index (χ4v) is 2.96. The van der Waals surface area contributed by atoms with E-state index in [1.54, 1.807) is 25.1 Å². The molecule has 1 atom stereocenters. The molecule has 0 saturated heterocycles. The number of carbonyl (C=O) groups excluding carboxylic acids is 2. The summed E-state index contributed by atoms with van der Waals surface area (Å²) in [4.78, 5) is 24.2. The molecule has 2 rings (SSSR count). The number of carbonyl (C=O) groups is 2. The number of hydrogen-bond donors (Lipinski definition) is 1. The predicted octanol–water partition coefficient (Wildman–Crippen LogP) is 4.56. The Hall–Kier alpha value is -2.14. The summed E-state index contributed by atoms with van der Waals surface area (Å²) in [7, 11) is 0. The van der Waals surface area contributed by atoms with Crippen LogP contribution in [0.3, 0.4) is 0 Å². The van der Waals surface area contributed by atoms with Crippen molar-refractivity contribution < 1.29 is 14.3 Å². The van der Waals surface area contributed by atoms with Crippen molar-refractivity contribution >= 4 is 27.6 Å². The van der Waals surface area contributed by atoms with Crippen LogP contribution in [0.4, 0.5) is 0 Å². The monoisotopic (exact) mass is 417 g/mol. The van der Waals surface area contributed by atoms with Crippen LogP contribution in [0.1, 0.15) is 42.6 Å². The molecule has 138 valence electrons. The van der Waals surface area contributed by atoms with Gasteiger partial charge < -0.3 is 10.1 Å². The molecule has 0 spiro atoms. The van der Waals surface area contributed by atoms with Gasteiger partial charge >= 0.3 is 0 Å². The van der Waals surface area contributed by atoms with E-state index in [2.05, 4.69) is 33.4 Å². The molecule has 0 aromatic heterocycles. The van der Waals surface area contributed by atoms with Gasteiger partial charge in [-0.1, -0.05) is 53.2 Å². The first-order chi connectivity index (χ1) is 12.5. The zero-order valence-corrected chi connectivity index (χ0v) is 16.7. The van der Waals surface area contributed by atoms with Crippen LogP contribution in [0.25, 0.3) is 0 Å². The van der Waals surface area contributed by atoms with Crippen LogP contribution in [0.15, 0.2) is 53.0 Å². The fraction of sp³-hybridized carbons (Fsp3) is 0.333. The third kappa shape index (κ3) is 6.30. The van der Waals surface area contributed by atoms with Gasteiger partial charge in [0, 0.05) is 16.9 Å². The number of Topliss-reactive ketones (excluding diaryl/α,β-unsaturated/α-hetero) is 1. The lowest BCUT2D eigenvalue weighted by molar-refractivity contribution is -0.123. The van der Waals surface area contributed by atoms with E-state index in [0.29, 0.717) is 17.7 Å². The molecule has 26 heavy (non-hydrogen) atoms. The summed E-state index contributed by atoms with van der Waals surface area (Å²) < 4.78 is 6.39. The molecule has 5 heteroatoms. The molecule has 0 saturated carbocycles. The van der Waals surface area contributed by atoms with E-state index in [-0.39, 0.29) is 24.3 Å². The highest BCUT2D eigenvalue weighted by atomic mass is 79.9. The highest BCUT2D eigenvalue weighted by Gasteiger charge is 2.14. The van der Waals surface area contributed by atoms with Crippen LogP contribution in [0.2, 0.25) is 0 Å². The number of halogens is 1. The third-order valence-electron chi connectivity index (χ3n) is 4.04. The highest BCUT2D eigenvalue weighted by molar-refractivity contribution is 9.10. The Labute approximate surface area is 163 Å². The lowest BCUT2D eigenvalue weighted by atomic mass is 10.1. The van der Waals surface area contributed by atoms with Gasteiger partial charge in [0.15, 0.2) is 12.4 Å². The topological polar surface area (TPSA) is 55.4 Å². The van der Waals surface area contributed by atoms with Crippen molar-refractivity contribution in [2.75, 3.05) is 6.61 Å². The number of aryl methyl sites for hydroxylation is 1. The van der Waals surface area contributed by atoms with Crippen molar-refractivity contribution in [3.8, 4) is 5.75 Å². The molecule has 0 aliphatic heterocycles. The summed E-state index contributed by atoms with van der Waals surface area (Å²) in [6.07, 6.45) is 2.15. The molecule has 2 aromatic rings. The van der Waals surface area contributed by atoms with Gasteiger partial charge in [-0.3, -0.25) is 9.59 Å². The number of amides is 1. The Morgan fingerprint density at radius 1 is 1.15 bits per heavy atom. The van der Waals surface area contributed by atoms with Crippen molar-refractivity contribution in [2.45, 2.75) is 39.2 Å². The van der Waals surface area contributed by atoms with Gasteiger partial charge in [-0.2, -0.15) is 0 Å². The van der Waals surface area contributed by atoms with Crippen LogP contribution in [0.5, 0.6) is 5.75 Å². The van der Waals surface area contributed by atoms with Gasteiger partial charge in [0.05, 0.1) is 5.56 Å². The minimum absolute atomic E-state index is 0.0158. The Balaban J connectivity index is 1.84. The minimum atomic E-state index is -0.191. The number of hydrogen-bond acceptors (Lipinski definition) is 3. The predicted molar refractivity (Wildman–Crippen MR) is 107 cm³/mol. The van der Waals surface area contributed by atoms with Crippen molar-refractivity contribution in [1.82, 2.24) is 5.32 Å². The van der Waals surface area contributed by atoms with E-state index in [1.165, 1.54) is 5.56 Å². The van der Waals surface area contributed by atoms with Crippen LogP contribution in [-0.4, -0.2) is 24.3 Å². The summed E-state index contributed by atoms with van der Waals surface area (Å²) in [5, 5.41) is 2.94. The second-order valence-electron chi connectivity index (χ2n) is 6.20. The normalized spacial score (nSPS) is 11.7. The number of ether oxygens (including phenoxy) is 1. The maximum Gasteiger partial charge on any atom is 0.258 e. The summed E-state index contributed by atoms with van der Waals surface area (Å²) >= 11 is 3.36. The molecular formula is C21H24BrNO3. The number of nitrogens with one attached hydrogen (secondary N) is 1. The Morgan fingerprint density at radius 2 is 1.88 bits per heavy atom. The molecule has 0 aliphatic carbocycles. The largest absolute Gasteiger partial charge is 0.483 e. The van der Waals surface area contributed by atoms with Gasteiger partial charge in [0.25, 0.3) is 5.91 Å². The standard InChI is InChI=1S/C21H24BrNO3/c1-3-19(24)18-13-17(22)11-12-20(18)26-14-21(25)23-15(2)9-10-16-7-5-4-6-8-16/h4-8,11-13,15H,3,9-10,14H2,1-2H3,(H,23,25)/t15-/m0/s1. The average Bonchev–Trinajstić information content (AvgIpc) is 2.65. The maximum absolute atomic E-state index is 12.1. The van der Waals surface area contributed by atoms with E-state index in [1.807, 2.05) is 25.1 Å².